The van der Waals surface area contributed by atoms with Crippen LogP contribution in [0.5, 0.6) is 0 Å². The molecule has 0 radical (unpaired) electrons. The molecule has 0 unspecified atom stereocenters. The smallest absolute Gasteiger partial charge is 0.306 e. The topological polar surface area (TPSA) is 55.4 Å². The fourth-order valence-electron chi connectivity index (χ4n) is 1.41. The Kier molecular flexibility index (Phi) is 7.74. The largest absolute Gasteiger partial charge is 0.466 e. The van der Waals surface area contributed by atoms with Gasteiger partial charge in [0.2, 0.25) is 5.91 Å². The summed E-state index contributed by atoms with van der Waals surface area (Å²) in [7, 11) is 0. The molecule has 4 nitrogen and oxygen atoms in total. The minimum atomic E-state index is -0.323. The summed E-state index contributed by atoms with van der Waals surface area (Å²) in [6.45, 7) is 2.70. The number of hydrogen-bond donors (Lipinski definition) is 1. The molecule has 1 aromatic rings. The van der Waals surface area contributed by atoms with Crippen LogP contribution in [0.25, 0.3) is 0 Å². The van der Waals surface area contributed by atoms with E-state index in [-0.39, 0.29) is 24.7 Å². The first kappa shape index (κ1) is 15.6. The Morgan fingerprint density at radius 2 is 1.95 bits per heavy atom. The van der Waals surface area contributed by atoms with Gasteiger partial charge >= 0.3 is 5.97 Å². The van der Waals surface area contributed by atoms with Crippen molar-refractivity contribution in [3.63, 3.8) is 0 Å². The maximum Gasteiger partial charge on any atom is 0.306 e. The molecule has 104 valence electrons. The fraction of sp³-hybridized carbons (Fsp3) is 0.429. The molecule has 0 aromatic heterocycles. The van der Waals surface area contributed by atoms with Crippen LogP contribution in [-0.2, 0) is 14.3 Å². The molecule has 0 heterocycles. The predicted octanol–water partition coefficient (Wildman–Crippen LogP) is 2.24. The van der Waals surface area contributed by atoms with E-state index in [0.29, 0.717) is 13.2 Å². The zero-order chi connectivity index (χ0) is 13.9. The van der Waals surface area contributed by atoms with Gasteiger partial charge in [0.05, 0.1) is 13.0 Å². The van der Waals surface area contributed by atoms with Crippen LogP contribution in [0.2, 0.25) is 0 Å². The van der Waals surface area contributed by atoms with Gasteiger partial charge in [-0.2, -0.15) is 0 Å². The third-order valence-electron chi connectivity index (χ3n) is 2.30. The molecule has 0 atom stereocenters. The predicted molar refractivity (Wildman–Crippen MR) is 76.0 cm³/mol. The highest BCUT2D eigenvalue weighted by molar-refractivity contribution is 7.99. The number of carbonyl (C=O) groups excluding carboxylic acids is 2. The second kappa shape index (κ2) is 9.44. The molecule has 0 fully saturated rings. The Balaban J connectivity index is 2.06. The maximum absolute atomic E-state index is 11.4. The van der Waals surface area contributed by atoms with Gasteiger partial charge < -0.3 is 10.1 Å². The molecule has 0 aliphatic rings. The number of amides is 1. The number of thioether (sulfide) groups is 1. The highest BCUT2D eigenvalue weighted by Crippen LogP contribution is 2.15. The minimum absolute atomic E-state index is 0.110. The van der Waals surface area contributed by atoms with Gasteiger partial charge in [0.25, 0.3) is 0 Å². The van der Waals surface area contributed by atoms with Gasteiger partial charge in [-0.05, 0) is 19.1 Å². The summed E-state index contributed by atoms with van der Waals surface area (Å²) in [6.07, 6.45) is 0.334. The van der Waals surface area contributed by atoms with Crippen LogP contribution >= 0.6 is 11.8 Å². The van der Waals surface area contributed by atoms with Crippen molar-refractivity contribution in [2.75, 3.05) is 18.9 Å². The Hall–Kier alpha value is -1.49. The van der Waals surface area contributed by atoms with Crippen molar-refractivity contribution in [3.8, 4) is 0 Å². The fourth-order valence-corrected chi connectivity index (χ4v) is 2.20. The molecule has 0 bridgehead atoms. The lowest BCUT2D eigenvalue weighted by molar-refractivity contribution is -0.144. The zero-order valence-electron chi connectivity index (χ0n) is 11.1. The lowest BCUT2D eigenvalue weighted by atomic mass is 10.3. The molecule has 0 saturated carbocycles. The summed E-state index contributed by atoms with van der Waals surface area (Å²) in [5.74, 6) is 0.382. The molecule has 0 aliphatic heterocycles. The maximum atomic E-state index is 11.4. The average Bonchev–Trinajstić information content (AvgIpc) is 2.43. The van der Waals surface area contributed by atoms with E-state index in [0.717, 1.165) is 5.75 Å². The van der Waals surface area contributed by atoms with E-state index in [1.54, 1.807) is 18.7 Å². The molecule has 0 spiro atoms. The van der Waals surface area contributed by atoms with Gasteiger partial charge in [0.1, 0.15) is 0 Å². The standard InChI is InChI=1S/C14H19NO3S/c1-2-18-14(17)9-8-13(16)15-10-11-19-12-6-4-3-5-7-12/h3-7H,2,8-11H2,1H3,(H,15,16). The summed E-state index contributed by atoms with van der Waals surface area (Å²) in [5, 5.41) is 2.78. The number of benzene rings is 1. The summed E-state index contributed by atoms with van der Waals surface area (Å²) in [6, 6.07) is 10.0. The van der Waals surface area contributed by atoms with Crippen molar-refractivity contribution < 1.29 is 14.3 Å². The molecule has 1 rings (SSSR count). The molecular formula is C14H19NO3S. The van der Waals surface area contributed by atoms with Crippen LogP contribution in [0.1, 0.15) is 19.8 Å². The van der Waals surface area contributed by atoms with Crippen molar-refractivity contribution in [3.05, 3.63) is 30.3 Å². The first-order valence-corrected chi connectivity index (χ1v) is 7.31. The summed E-state index contributed by atoms with van der Waals surface area (Å²) in [4.78, 5) is 23.7. The monoisotopic (exact) mass is 281 g/mol. The van der Waals surface area contributed by atoms with Gasteiger partial charge in [-0.3, -0.25) is 9.59 Å². The zero-order valence-corrected chi connectivity index (χ0v) is 11.9. The second-order valence-corrected chi connectivity index (χ2v) is 4.98. The quantitative estimate of drug-likeness (QED) is 0.451. The molecule has 1 amide bonds. The SMILES string of the molecule is CCOC(=O)CCC(=O)NCCSc1ccccc1. The van der Waals surface area contributed by atoms with E-state index in [1.807, 2.05) is 30.3 Å². The van der Waals surface area contributed by atoms with Crippen LogP contribution in [0, 0.1) is 0 Å². The number of nitrogens with one attached hydrogen (secondary N) is 1. The average molecular weight is 281 g/mol. The Morgan fingerprint density at radius 1 is 1.21 bits per heavy atom. The Morgan fingerprint density at radius 3 is 2.63 bits per heavy atom. The lowest BCUT2D eigenvalue weighted by Gasteiger charge is -2.05. The van der Waals surface area contributed by atoms with Crippen LogP contribution < -0.4 is 5.32 Å². The normalized spacial score (nSPS) is 9.95. The molecular weight excluding hydrogens is 262 g/mol. The van der Waals surface area contributed by atoms with Gasteiger partial charge in [0.15, 0.2) is 0 Å². The molecule has 1 N–H and O–H groups in total. The lowest BCUT2D eigenvalue weighted by Crippen LogP contribution is -2.26. The molecule has 5 heteroatoms. The highest BCUT2D eigenvalue weighted by Gasteiger charge is 2.06. The van der Waals surface area contributed by atoms with Crippen molar-refractivity contribution in [2.24, 2.45) is 0 Å². The molecule has 0 aliphatic carbocycles. The van der Waals surface area contributed by atoms with E-state index in [2.05, 4.69) is 5.32 Å². The molecule has 0 saturated heterocycles. The van der Waals surface area contributed by atoms with Gasteiger partial charge in [-0.15, -0.1) is 11.8 Å². The van der Waals surface area contributed by atoms with Crippen LogP contribution in [0.4, 0.5) is 0 Å². The van der Waals surface area contributed by atoms with Crippen molar-refractivity contribution in [2.45, 2.75) is 24.7 Å². The summed E-state index contributed by atoms with van der Waals surface area (Å²) < 4.78 is 4.75. The summed E-state index contributed by atoms with van der Waals surface area (Å²) >= 11 is 1.69. The van der Waals surface area contributed by atoms with Gasteiger partial charge in [-0.25, -0.2) is 0 Å². The van der Waals surface area contributed by atoms with E-state index in [9.17, 15) is 9.59 Å². The van der Waals surface area contributed by atoms with Crippen LogP contribution in [-0.4, -0.2) is 30.8 Å². The highest BCUT2D eigenvalue weighted by atomic mass is 32.2. The van der Waals surface area contributed by atoms with Crippen molar-refractivity contribution >= 4 is 23.6 Å². The van der Waals surface area contributed by atoms with Gasteiger partial charge in [-0.1, -0.05) is 18.2 Å². The van der Waals surface area contributed by atoms with Crippen molar-refractivity contribution in [1.29, 1.82) is 0 Å². The Bertz CT molecular complexity index is 395. The number of rotatable bonds is 8. The number of hydrogen-bond acceptors (Lipinski definition) is 4. The van der Waals surface area contributed by atoms with E-state index < -0.39 is 0 Å². The molecule has 1 aromatic carbocycles. The second-order valence-electron chi connectivity index (χ2n) is 3.82. The number of ether oxygens (including phenoxy) is 1. The first-order valence-electron chi connectivity index (χ1n) is 6.32. The van der Waals surface area contributed by atoms with E-state index in [1.165, 1.54) is 4.90 Å². The molecule has 19 heavy (non-hydrogen) atoms. The number of carbonyl (C=O) groups is 2. The van der Waals surface area contributed by atoms with Crippen LogP contribution in [0.15, 0.2) is 35.2 Å². The van der Waals surface area contributed by atoms with Crippen LogP contribution in [0.3, 0.4) is 0 Å². The first-order chi connectivity index (χ1) is 9.22. The minimum Gasteiger partial charge on any atom is -0.466 e. The van der Waals surface area contributed by atoms with E-state index >= 15 is 0 Å². The van der Waals surface area contributed by atoms with Gasteiger partial charge in [0, 0.05) is 23.6 Å². The van der Waals surface area contributed by atoms with Crippen molar-refractivity contribution in [1.82, 2.24) is 5.32 Å². The summed E-state index contributed by atoms with van der Waals surface area (Å²) in [5.41, 5.74) is 0. The number of esters is 1. The Labute approximate surface area is 117 Å². The third kappa shape index (κ3) is 7.51. The third-order valence-corrected chi connectivity index (χ3v) is 3.31. The van der Waals surface area contributed by atoms with E-state index in [4.69, 9.17) is 4.74 Å².